The van der Waals surface area contributed by atoms with Crippen LogP contribution in [0.5, 0.6) is 11.5 Å². The second-order valence-corrected chi connectivity index (χ2v) is 7.90. The molecule has 0 spiro atoms. The third kappa shape index (κ3) is 6.06. The van der Waals surface area contributed by atoms with E-state index in [1.54, 1.807) is 6.07 Å². The van der Waals surface area contributed by atoms with E-state index < -0.39 is 0 Å². The van der Waals surface area contributed by atoms with Crippen molar-refractivity contribution in [2.75, 3.05) is 20.8 Å². The molecule has 2 N–H and O–H groups in total. The first-order chi connectivity index (χ1) is 15.0. The third-order valence-corrected chi connectivity index (χ3v) is 5.86. The summed E-state index contributed by atoms with van der Waals surface area (Å²) in [6, 6.07) is 13.9. The van der Waals surface area contributed by atoms with Crippen LogP contribution in [-0.2, 0) is 6.54 Å². The highest BCUT2D eigenvalue weighted by Crippen LogP contribution is 2.36. The SMILES string of the molecule is COc1cc(CN(CC=Cc2ccccc2)C2CCC(N)CC2)c([N+](=O)[O-])cc1OC. The summed E-state index contributed by atoms with van der Waals surface area (Å²) < 4.78 is 10.7. The van der Waals surface area contributed by atoms with Gasteiger partial charge in [0, 0.05) is 30.7 Å². The number of nitrogens with two attached hydrogens (primary N) is 1. The number of hydrogen-bond donors (Lipinski definition) is 1. The fourth-order valence-electron chi connectivity index (χ4n) is 4.12. The van der Waals surface area contributed by atoms with Crippen LogP contribution in [0.15, 0.2) is 48.5 Å². The second-order valence-electron chi connectivity index (χ2n) is 7.90. The van der Waals surface area contributed by atoms with Crippen LogP contribution < -0.4 is 15.2 Å². The highest BCUT2D eigenvalue weighted by Gasteiger charge is 2.27. The van der Waals surface area contributed by atoms with Crippen molar-refractivity contribution < 1.29 is 14.4 Å². The van der Waals surface area contributed by atoms with Crippen LogP contribution in [-0.4, -0.2) is 42.7 Å². The van der Waals surface area contributed by atoms with E-state index in [9.17, 15) is 10.1 Å². The number of rotatable bonds is 9. The summed E-state index contributed by atoms with van der Waals surface area (Å²) in [7, 11) is 3.02. The van der Waals surface area contributed by atoms with E-state index in [2.05, 4.69) is 29.2 Å². The minimum Gasteiger partial charge on any atom is -0.493 e. The first-order valence-electron chi connectivity index (χ1n) is 10.6. The van der Waals surface area contributed by atoms with Crippen LogP contribution >= 0.6 is 0 Å². The Kier molecular flexibility index (Phi) is 8.03. The van der Waals surface area contributed by atoms with E-state index in [0.717, 1.165) is 31.2 Å². The van der Waals surface area contributed by atoms with Crippen molar-refractivity contribution >= 4 is 11.8 Å². The predicted octanol–water partition coefficient (Wildman–Crippen LogP) is 4.40. The van der Waals surface area contributed by atoms with E-state index in [1.807, 2.05) is 18.2 Å². The molecule has 7 nitrogen and oxygen atoms in total. The molecule has 0 bridgehead atoms. The highest BCUT2D eigenvalue weighted by molar-refractivity contribution is 5.54. The van der Waals surface area contributed by atoms with Gasteiger partial charge in [0.1, 0.15) is 0 Å². The lowest BCUT2D eigenvalue weighted by molar-refractivity contribution is -0.385. The molecule has 0 aromatic heterocycles. The molecule has 0 amide bonds. The van der Waals surface area contributed by atoms with Crippen molar-refractivity contribution in [3.63, 3.8) is 0 Å². The van der Waals surface area contributed by atoms with Crippen molar-refractivity contribution in [2.24, 2.45) is 5.73 Å². The number of ether oxygens (including phenoxy) is 2. The van der Waals surface area contributed by atoms with Gasteiger partial charge in [-0.2, -0.15) is 0 Å². The van der Waals surface area contributed by atoms with Crippen molar-refractivity contribution in [1.29, 1.82) is 0 Å². The van der Waals surface area contributed by atoms with Gasteiger partial charge in [0.15, 0.2) is 11.5 Å². The number of nitro groups is 1. The maximum Gasteiger partial charge on any atom is 0.277 e. The molecular weight excluding hydrogens is 394 g/mol. The van der Waals surface area contributed by atoms with Gasteiger partial charge in [0.25, 0.3) is 5.69 Å². The molecule has 7 heteroatoms. The number of methoxy groups -OCH3 is 2. The fraction of sp³-hybridized carbons (Fsp3) is 0.417. The molecule has 0 saturated heterocycles. The Morgan fingerprint density at radius 2 is 1.74 bits per heavy atom. The minimum atomic E-state index is -0.355. The summed E-state index contributed by atoms with van der Waals surface area (Å²) in [5.41, 5.74) is 7.90. The Hall–Kier alpha value is -2.90. The molecule has 0 heterocycles. The third-order valence-electron chi connectivity index (χ3n) is 5.86. The van der Waals surface area contributed by atoms with Crippen molar-refractivity contribution in [3.05, 3.63) is 69.8 Å². The lowest BCUT2D eigenvalue weighted by Gasteiger charge is -2.35. The molecule has 1 aliphatic carbocycles. The number of nitro benzene ring substituents is 1. The van der Waals surface area contributed by atoms with Gasteiger partial charge >= 0.3 is 0 Å². The zero-order chi connectivity index (χ0) is 22.2. The van der Waals surface area contributed by atoms with Crippen LogP contribution in [0.25, 0.3) is 6.08 Å². The lowest BCUT2D eigenvalue weighted by Crippen LogP contribution is -2.40. The first kappa shape index (κ1) is 22.8. The van der Waals surface area contributed by atoms with Crippen molar-refractivity contribution in [2.45, 2.75) is 44.3 Å². The quantitative estimate of drug-likeness (QED) is 0.473. The molecule has 3 rings (SSSR count). The van der Waals surface area contributed by atoms with Crippen LogP contribution in [0, 0.1) is 10.1 Å². The molecule has 166 valence electrons. The largest absolute Gasteiger partial charge is 0.493 e. The predicted molar refractivity (Wildman–Crippen MR) is 122 cm³/mol. The summed E-state index contributed by atoms with van der Waals surface area (Å²) in [6.45, 7) is 1.15. The molecule has 2 aromatic rings. The molecule has 0 unspecified atom stereocenters. The van der Waals surface area contributed by atoms with E-state index in [0.29, 0.717) is 36.2 Å². The summed E-state index contributed by atoms with van der Waals surface area (Å²) in [6.07, 6.45) is 8.12. The monoisotopic (exact) mass is 425 g/mol. The Labute approximate surface area is 183 Å². The molecule has 1 saturated carbocycles. The van der Waals surface area contributed by atoms with Crippen molar-refractivity contribution in [3.8, 4) is 11.5 Å². The molecule has 0 atom stereocenters. The fourth-order valence-corrected chi connectivity index (χ4v) is 4.12. The van der Waals surface area contributed by atoms with E-state index >= 15 is 0 Å². The average Bonchev–Trinajstić information content (AvgIpc) is 2.79. The molecule has 1 aliphatic rings. The Morgan fingerprint density at radius 1 is 1.10 bits per heavy atom. The Bertz CT molecular complexity index is 893. The molecular formula is C24H31N3O4. The maximum absolute atomic E-state index is 11.7. The summed E-state index contributed by atoms with van der Waals surface area (Å²) >= 11 is 0. The Balaban J connectivity index is 1.86. The zero-order valence-electron chi connectivity index (χ0n) is 18.2. The molecule has 31 heavy (non-hydrogen) atoms. The summed E-state index contributed by atoms with van der Waals surface area (Å²) in [5.74, 6) is 0.852. The lowest BCUT2D eigenvalue weighted by atomic mass is 9.90. The summed E-state index contributed by atoms with van der Waals surface area (Å²) in [4.78, 5) is 13.7. The van der Waals surface area contributed by atoms with Crippen LogP contribution in [0.3, 0.4) is 0 Å². The maximum atomic E-state index is 11.7. The molecule has 0 radical (unpaired) electrons. The van der Waals surface area contributed by atoms with Gasteiger partial charge in [-0.25, -0.2) is 0 Å². The summed E-state index contributed by atoms with van der Waals surface area (Å²) in [5, 5.41) is 11.7. The van der Waals surface area contributed by atoms with E-state index in [4.69, 9.17) is 15.2 Å². The standard InChI is InChI=1S/C24H31N3O4/c1-30-23-15-19(22(27(28)29)16-24(23)31-2)17-26(21-12-10-20(25)11-13-21)14-6-9-18-7-4-3-5-8-18/h3-9,15-16,20-21H,10-14,17,25H2,1-2H3. The molecule has 0 aliphatic heterocycles. The average molecular weight is 426 g/mol. The van der Waals surface area contributed by atoms with Crippen LogP contribution in [0.4, 0.5) is 5.69 Å². The number of benzene rings is 2. The van der Waals surface area contributed by atoms with Gasteiger partial charge in [-0.1, -0.05) is 42.5 Å². The van der Waals surface area contributed by atoms with Gasteiger partial charge in [-0.15, -0.1) is 0 Å². The van der Waals surface area contributed by atoms with Crippen LogP contribution in [0.1, 0.15) is 36.8 Å². The van der Waals surface area contributed by atoms with Gasteiger partial charge in [0.05, 0.1) is 25.2 Å². The highest BCUT2D eigenvalue weighted by atomic mass is 16.6. The van der Waals surface area contributed by atoms with Gasteiger partial charge in [0.2, 0.25) is 0 Å². The Morgan fingerprint density at radius 3 is 2.35 bits per heavy atom. The molecule has 1 fully saturated rings. The van der Waals surface area contributed by atoms with Crippen molar-refractivity contribution in [1.82, 2.24) is 4.90 Å². The smallest absolute Gasteiger partial charge is 0.277 e. The molecule has 2 aromatic carbocycles. The number of hydrogen-bond acceptors (Lipinski definition) is 6. The zero-order valence-corrected chi connectivity index (χ0v) is 18.2. The van der Waals surface area contributed by atoms with Gasteiger partial charge in [-0.05, 0) is 37.3 Å². The van der Waals surface area contributed by atoms with Gasteiger partial charge < -0.3 is 15.2 Å². The van der Waals surface area contributed by atoms with Gasteiger partial charge in [-0.3, -0.25) is 15.0 Å². The van der Waals surface area contributed by atoms with Crippen LogP contribution in [0.2, 0.25) is 0 Å². The van der Waals surface area contributed by atoms with E-state index in [-0.39, 0.29) is 16.7 Å². The van der Waals surface area contributed by atoms with E-state index in [1.165, 1.54) is 20.3 Å². The normalized spacial score (nSPS) is 19.0. The second kappa shape index (κ2) is 10.9. The number of nitrogens with zero attached hydrogens (tertiary/aromatic N) is 2. The minimum absolute atomic E-state index is 0.0437. The topological polar surface area (TPSA) is 90.9 Å². The first-order valence-corrected chi connectivity index (χ1v) is 10.6.